The summed E-state index contributed by atoms with van der Waals surface area (Å²) in [6.45, 7) is 0.227. The summed E-state index contributed by atoms with van der Waals surface area (Å²) in [6.07, 6.45) is -0.182. The summed E-state index contributed by atoms with van der Waals surface area (Å²) in [5.74, 6) is -0.733. The fraction of sp³-hybridized carbons (Fsp3) is 0.200. The fourth-order valence-corrected chi connectivity index (χ4v) is 1.23. The molecule has 0 spiro atoms. The summed E-state index contributed by atoms with van der Waals surface area (Å²) in [5, 5.41) is 10.7. The van der Waals surface area contributed by atoms with Crippen LogP contribution in [0.2, 0.25) is 0 Å². The van der Waals surface area contributed by atoms with E-state index >= 15 is 0 Å². The summed E-state index contributed by atoms with van der Waals surface area (Å²) in [5.41, 5.74) is 0.655. The molecule has 0 saturated heterocycles. The lowest BCUT2D eigenvalue weighted by molar-refractivity contribution is -0.120. The standard InChI is InChI=1S/C10H8BrFN2O/c11-8-2-1-7(5-9(8)12)6-14-10(15)3-4-13/h1-2,5H,3,6H2,(H,14,15). The Balaban J connectivity index is 2.55. The number of carbonyl (C=O) groups excluding carboxylic acids is 1. The van der Waals surface area contributed by atoms with Crippen molar-refractivity contribution in [1.29, 1.82) is 5.26 Å². The first-order chi connectivity index (χ1) is 7.13. The van der Waals surface area contributed by atoms with Gasteiger partial charge >= 0.3 is 0 Å². The lowest BCUT2D eigenvalue weighted by Gasteiger charge is -2.03. The van der Waals surface area contributed by atoms with Crippen molar-refractivity contribution in [2.24, 2.45) is 0 Å². The highest BCUT2D eigenvalue weighted by molar-refractivity contribution is 9.10. The zero-order valence-electron chi connectivity index (χ0n) is 7.76. The van der Waals surface area contributed by atoms with Crippen LogP contribution in [0.15, 0.2) is 22.7 Å². The Hall–Kier alpha value is -1.41. The van der Waals surface area contributed by atoms with E-state index in [9.17, 15) is 9.18 Å². The molecule has 78 valence electrons. The van der Waals surface area contributed by atoms with E-state index in [0.29, 0.717) is 10.0 Å². The molecule has 0 aliphatic rings. The molecule has 0 aromatic heterocycles. The highest BCUT2D eigenvalue weighted by Gasteiger charge is 2.02. The van der Waals surface area contributed by atoms with Gasteiger partial charge in [-0.1, -0.05) is 6.07 Å². The predicted octanol–water partition coefficient (Wildman–Crippen LogP) is 2.12. The van der Waals surface area contributed by atoms with Crippen LogP contribution in [0.4, 0.5) is 4.39 Å². The molecule has 0 saturated carbocycles. The van der Waals surface area contributed by atoms with Crippen LogP contribution in [-0.4, -0.2) is 5.91 Å². The van der Waals surface area contributed by atoms with Crippen LogP contribution in [0.1, 0.15) is 12.0 Å². The van der Waals surface area contributed by atoms with Gasteiger partial charge in [0.05, 0.1) is 10.5 Å². The molecule has 0 fully saturated rings. The zero-order valence-corrected chi connectivity index (χ0v) is 9.34. The number of nitrogens with one attached hydrogen (secondary N) is 1. The van der Waals surface area contributed by atoms with Gasteiger partial charge in [0.15, 0.2) is 0 Å². The molecule has 0 unspecified atom stereocenters. The van der Waals surface area contributed by atoms with Crippen LogP contribution >= 0.6 is 15.9 Å². The number of carbonyl (C=O) groups is 1. The first kappa shape index (κ1) is 11.7. The zero-order chi connectivity index (χ0) is 11.3. The van der Waals surface area contributed by atoms with E-state index in [1.165, 1.54) is 6.07 Å². The van der Waals surface area contributed by atoms with Gasteiger partial charge in [-0.3, -0.25) is 4.79 Å². The molecule has 0 aliphatic carbocycles. The predicted molar refractivity (Wildman–Crippen MR) is 56.2 cm³/mol. The van der Waals surface area contributed by atoms with Crippen LogP contribution in [0.5, 0.6) is 0 Å². The van der Waals surface area contributed by atoms with Gasteiger partial charge in [0.25, 0.3) is 0 Å². The minimum atomic E-state index is -0.373. The molecule has 0 radical (unpaired) electrons. The number of rotatable bonds is 3. The summed E-state index contributed by atoms with van der Waals surface area (Å²) < 4.78 is 13.4. The molecule has 1 amide bonds. The molecule has 5 heteroatoms. The fourth-order valence-electron chi connectivity index (χ4n) is 0.985. The summed E-state index contributed by atoms with van der Waals surface area (Å²) in [7, 11) is 0. The number of nitrogens with zero attached hydrogens (tertiary/aromatic N) is 1. The second-order valence-electron chi connectivity index (χ2n) is 2.86. The molecule has 3 nitrogen and oxygen atoms in total. The normalized spacial score (nSPS) is 9.40. The van der Waals surface area contributed by atoms with Gasteiger partial charge in [-0.05, 0) is 33.6 Å². The third-order valence-corrected chi connectivity index (χ3v) is 2.36. The van der Waals surface area contributed by atoms with Crippen molar-refractivity contribution < 1.29 is 9.18 Å². The molecule has 1 aromatic rings. The van der Waals surface area contributed by atoms with Crippen LogP contribution in [0.3, 0.4) is 0 Å². The third-order valence-electron chi connectivity index (χ3n) is 1.71. The second-order valence-corrected chi connectivity index (χ2v) is 3.71. The first-order valence-electron chi connectivity index (χ1n) is 4.21. The van der Waals surface area contributed by atoms with E-state index in [2.05, 4.69) is 21.2 Å². The van der Waals surface area contributed by atoms with Gasteiger partial charge < -0.3 is 5.32 Å². The van der Waals surface area contributed by atoms with Gasteiger partial charge in [0.2, 0.25) is 5.91 Å². The number of amides is 1. The average Bonchev–Trinajstić information content (AvgIpc) is 2.20. The monoisotopic (exact) mass is 270 g/mol. The molecule has 0 bridgehead atoms. The van der Waals surface area contributed by atoms with E-state index in [1.54, 1.807) is 18.2 Å². The number of halogens is 2. The van der Waals surface area contributed by atoms with Crippen LogP contribution in [0, 0.1) is 17.1 Å². The van der Waals surface area contributed by atoms with Gasteiger partial charge in [-0.2, -0.15) is 5.26 Å². The maximum absolute atomic E-state index is 13.0. The summed E-state index contributed by atoms with van der Waals surface area (Å²) in [4.78, 5) is 10.9. The van der Waals surface area contributed by atoms with E-state index < -0.39 is 0 Å². The molecule has 15 heavy (non-hydrogen) atoms. The summed E-state index contributed by atoms with van der Waals surface area (Å²) in [6, 6.07) is 6.33. The second kappa shape index (κ2) is 5.47. The molecule has 0 atom stereocenters. The molecule has 0 aliphatic heterocycles. The Morgan fingerprint density at radius 2 is 2.33 bits per heavy atom. The van der Waals surface area contributed by atoms with Gasteiger partial charge in [-0.25, -0.2) is 4.39 Å². The Bertz CT molecular complexity index is 414. The minimum Gasteiger partial charge on any atom is -0.351 e. The van der Waals surface area contributed by atoms with E-state index in [0.717, 1.165) is 0 Å². The van der Waals surface area contributed by atoms with Crippen molar-refractivity contribution in [2.45, 2.75) is 13.0 Å². The van der Waals surface area contributed by atoms with Crippen LogP contribution < -0.4 is 5.32 Å². The number of benzene rings is 1. The maximum atomic E-state index is 13.0. The highest BCUT2D eigenvalue weighted by atomic mass is 79.9. The van der Waals surface area contributed by atoms with Crippen LogP contribution in [0.25, 0.3) is 0 Å². The number of nitriles is 1. The maximum Gasteiger partial charge on any atom is 0.234 e. The summed E-state index contributed by atoms with van der Waals surface area (Å²) >= 11 is 3.03. The van der Waals surface area contributed by atoms with E-state index in [1.807, 2.05) is 0 Å². The average molecular weight is 271 g/mol. The molecule has 0 heterocycles. The van der Waals surface area contributed by atoms with Crippen LogP contribution in [-0.2, 0) is 11.3 Å². The van der Waals surface area contributed by atoms with Crippen molar-refractivity contribution in [3.05, 3.63) is 34.1 Å². The highest BCUT2D eigenvalue weighted by Crippen LogP contribution is 2.16. The van der Waals surface area contributed by atoms with Gasteiger partial charge in [0.1, 0.15) is 12.2 Å². The lowest BCUT2D eigenvalue weighted by Crippen LogP contribution is -2.21. The Labute approximate surface area is 95.0 Å². The molecule has 1 N–H and O–H groups in total. The third kappa shape index (κ3) is 3.68. The van der Waals surface area contributed by atoms with Gasteiger partial charge in [-0.15, -0.1) is 0 Å². The largest absolute Gasteiger partial charge is 0.351 e. The number of hydrogen-bond acceptors (Lipinski definition) is 2. The molecule has 1 aromatic carbocycles. The topological polar surface area (TPSA) is 52.9 Å². The number of hydrogen-bond donors (Lipinski definition) is 1. The van der Waals surface area contributed by atoms with Crippen molar-refractivity contribution >= 4 is 21.8 Å². The van der Waals surface area contributed by atoms with Gasteiger partial charge in [0, 0.05) is 6.54 Å². The first-order valence-corrected chi connectivity index (χ1v) is 5.00. The van der Waals surface area contributed by atoms with Crippen molar-refractivity contribution in [1.82, 2.24) is 5.32 Å². The van der Waals surface area contributed by atoms with E-state index in [4.69, 9.17) is 5.26 Å². The molecule has 1 rings (SSSR count). The van der Waals surface area contributed by atoms with Crippen molar-refractivity contribution in [3.8, 4) is 6.07 Å². The van der Waals surface area contributed by atoms with Crippen molar-refractivity contribution in [3.63, 3.8) is 0 Å². The Morgan fingerprint density at radius 3 is 2.93 bits per heavy atom. The quantitative estimate of drug-likeness (QED) is 0.915. The Kier molecular flexibility index (Phi) is 4.25. The lowest BCUT2D eigenvalue weighted by atomic mass is 10.2. The SMILES string of the molecule is N#CCC(=O)NCc1ccc(Br)c(F)c1. The van der Waals surface area contributed by atoms with Crippen molar-refractivity contribution in [2.75, 3.05) is 0 Å². The minimum absolute atomic E-state index is 0.182. The van der Waals surface area contributed by atoms with E-state index in [-0.39, 0.29) is 24.7 Å². The molecular weight excluding hydrogens is 263 g/mol. The Morgan fingerprint density at radius 1 is 1.60 bits per heavy atom. The molecular formula is C10H8BrFN2O. The smallest absolute Gasteiger partial charge is 0.234 e.